The van der Waals surface area contributed by atoms with Gasteiger partial charge in [0.15, 0.2) is 5.60 Å². The molecule has 5 nitrogen and oxygen atoms in total. The molecule has 0 aliphatic heterocycles. The molecule has 1 N–H and O–H groups in total. The van der Waals surface area contributed by atoms with Gasteiger partial charge in [-0.3, -0.25) is 4.90 Å². The van der Waals surface area contributed by atoms with Crippen molar-refractivity contribution in [2.24, 2.45) is 0 Å². The van der Waals surface area contributed by atoms with Gasteiger partial charge >= 0.3 is 0 Å². The van der Waals surface area contributed by atoms with Crippen LogP contribution in [0.4, 0.5) is 0 Å². The van der Waals surface area contributed by atoms with Crippen LogP contribution in [0.25, 0.3) is 0 Å². The Morgan fingerprint density at radius 2 is 1.38 bits per heavy atom. The van der Waals surface area contributed by atoms with Crippen LogP contribution in [0, 0.1) is 0 Å². The van der Waals surface area contributed by atoms with E-state index in [-0.39, 0.29) is 0 Å². The number of para-hydroxylation sites is 1. The lowest BCUT2D eigenvalue weighted by Crippen LogP contribution is -2.28. The molecule has 0 saturated heterocycles. The molecule has 0 fully saturated rings. The maximum Gasteiger partial charge on any atom is 0.173 e. The van der Waals surface area contributed by atoms with E-state index < -0.39 is 5.60 Å². The Kier molecular flexibility index (Phi) is 7.80. The molecule has 5 heteroatoms. The van der Waals surface area contributed by atoms with Crippen LogP contribution in [0.5, 0.6) is 5.75 Å². The second-order valence-electron chi connectivity index (χ2n) is 8.22. The van der Waals surface area contributed by atoms with E-state index >= 15 is 0 Å². The van der Waals surface area contributed by atoms with Gasteiger partial charge in [0.1, 0.15) is 17.3 Å². The van der Waals surface area contributed by atoms with E-state index in [2.05, 4.69) is 11.0 Å². The van der Waals surface area contributed by atoms with Crippen molar-refractivity contribution in [2.45, 2.75) is 18.7 Å². The van der Waals surface area contributed by atoms with Crippen molar-refractivity contribution < 1.29 is 19.0 Å². The molecule has 0 amide bonds. The molecule has 4 aromatic rings. The van der Waals surface area contributed by atoms with Crippen LogP contribution in [0.15, 0.2) is 101 Å². The van der Waals surface area contributed by atoms with Gasteiger partial charge in [-0.05, 0) is 29.3 Å². The van der Waals surface area contributed by atoms with Crippen molar-refractivity contribution in [3.8, 4) is 5.75 Å². The van der Waals surface area contributed by atoms with E-state index in [0.717, 1.165) is 34.7 Å². The molecule has 3 aromatic carbocycles. The normalized spacial score (nSPS) is 11.6. The smallest absolute Gasteiger partial charge is 0.173 e. The van der Waals surface area contributed by atoms with Crippen LogP contribution in [0.3, 0.4) is 0 Å². The van der Waals surface area contributed by atoms with Crippen molar-refractivity contribution in [1.82, 2.24) is 4.90 Å². The topological polar surface area (TPSA) is 55.1 Å². The van der Waals surface area contributed by atoms with Crippen LogP contribution in [-0.2, 0) is 23.4 Å². The zero-order valence-electron chi connectivity index (χ0n) is 19.7. The Balaban J connectivity index is 1.63. The predicted molar refractivity (Wildman–Crippen MR) is 133 cm³/mol. The number of nitrogens with zero attached hydrogens (tertiary/aromatic N) is 1. The fourth-order valence-electron chi connectivity index (χ4n) is 4.20. The minimum Gasteiger partial charge on any atom is -0.496 e. The Morgan fingerprint density at radius 3 is 2.00 bits per heavy atom. The van der Waals surface area contributed by atoms with Gasteiger partial charge in [0.25, 0.3) is 0 Å². The van der Waals surface area contributed by atoms with Crippen molar-refractivity contribution >= 4 is 0 Å². The maximum absolute atomic E-state index is 12.0. The van der Waals surface area contributed by atoms with E-state index in [1.54, 1.807) is 14.2 Å². The highest BCUT2D eigenvalue weighted by molar-refractivity contribution is 5.43. The Bertz CT molecular complexity index is 1120. The summed E-state index contributed by atoms with van der Waals surface area (Å²) in [6, 6.07) is 31.1. The van der Waals surface area contributed by atoms with Crippen LogP contribution in [0.2, 0.25) is 0 Å². The molecule has 0 spiro atoms. The number of benzene rings is 3. The second-order valence-corrected chi connectivity index (χ2v) is 8.22. The van der Waals surface area contributed by atoms with E-state index in [4.69, 9.17) is 13.9 Å². The number of furan rings is 1. The van der Waals surface area contributed by atoms with Crippen LogP contribution < -0.4 is 4.74 Å². The molecule has 0 saturated carbocycles. The van der Waals surface area contributed by atoms with Crippen molar-refractivity contribution in [3.05, 3.63) is 125 Å². The first kappa shape index (κ1) is 23.8. The van der Waals surface area contributed by atoms with Crippen LogP contribution in [-0.4, -0.2) is 37.4 Å². The van der Waals surface area contributed by atoms with Gasteiger partial charge in [0, 0.05) is 25.8 Å². The largest absolute Gasteiger partial charge is 0.496 e. The van der Waals surface area contributed by atoms with E-state index in [1.165, 1.54) is 0 Å². The van der Waals surface area contributed by atoms with Gasteiger partial charge in [-0.25, -0.2) is 0 Å². The summed E-state index contributed by atoms with van der Waals surface area (Å²) in [5.41, 5.74) is 1.22. The third-order valence-corrected chi connectivity index (χ3v) is 5.98. The number of hydrogen-bond donors (Lipinski definition) is 1. The summed E-state index contributed by atoms with van der Waals surface area (Å²) >= 11 is 0. The predicted octanol–water partition coefficient (Wildman–Crippen LogP) is 5.22. The molecule has 176 valence electrons. The van der Waals surface area contributed by atoms with Gasteiger partial charge in [0.05, 0.1) is 20.3 Å². The van der Waals surface area contributed by atoms with Gasteiger partial charge < -0.3 is 19.0 Å². The van der Waals surface area contributed by atoms with Gasteiger partial charge in [-0.2, -0.15) is 0 Å². The average molecular weight is 458 g/mol. The highest BCUT2D eigenvalue weighted by atomic mass is 16.5. The second kappa shape index (κ2) is 11.2. The molecule has 0 aliphatic rings. The molecule has 1 aromatic heterocycles. The van der Waals surface area contributed by atoms with E-state index in [0.29, 0.717) is 25.5 Å². The first-order chi connectivity index (χ1) is 16.6. The summed E-state index contributed by atoms with van der Waals surface area (Å²) in [7, 11) is 3.39. The molecule has 0 unspecified atom stereocenters. The summed E-state index contributed by atoms with van der Waals surface area (Å²) < 4.78 is 17.2. The maximum atomic E-state index is 12.0. The highest BCUT2D eigenvalue weighted by Gasteiger charge is 2.37. The lowest BCUT2D eigenvalue weighted by atomic mass is 9.84. The Labute approximate surface area is 201 Å². The quantitative estimate of drug-likeness (QED) is 0.335. The van der Waals surface area contributed by atoms with Crippen molar-refractivity contribution in [3.63, 3.8) is 0 Å². The molecule has 1 heterocycles. The first-order valence-electron chi connectivity index (χ1n) is 11.4. The minimum atomic E-state index is -1.39. The molecule has 0 bridgehead atoms. The monoisotopic (exact) mass is 457 g/mol. The summed E-state index contributed by atoms with van der Waals surface area (Å²) in [4.78, 5) is 2.24. The molecule has 0 radical (unpaired) electrons. The van der Waals surface area contributed by atoms with E-state index in [9.17, 15) is 5.11 Å². The molecule has 0 atom stereocenters. The summed E-state index contributed by atoms with van der Waals surface area (Å²) in [5.74, 6) is 2.11. The lowest BCUT2D eigenvalue weighted by molar-refractivity contribution is 0.0932. The number of methoxy groups -OCH3 is 2. The molecule has 4 rings (SSSR count). The summed E-state index contributed by atoms with van der Waals surface area (Å²) in [6.07, 6.45) is 0. The van der Waals surface area contributed by atoms with Gasteiger partial charge in [0.2, 0.25) is 0 Å². The molecule has 0 aliphatic carbocycles. The number of rotatable bonds is 11. The zero-order valence-corrected chi connectivity index (χ0v) is 19.7. The third-order valence-electron chi connectivity index (χ3n) is 5.98. The number of ether oxygens (including phenoxy) is 2. The van der Waals surface area contributed by atoms with Crippen molar-refractivity contribution in [1.29, 1.82) is 0 Å². The van der Waals surface area contributed by atoms with Crippen LogP contribution in [0.1, 0.15) is 28.2 Å². The molecule has 34 heavy (non-hydrogen) atoms. The van der Waals surface area contributed by atoms with Crippen LogP contribution >= 0.6 is 0 Å². The SMILES string of the molecule is COCCN(Cc1ccc(C(O)(c2ccccc2)c2ccccc2)o1)Cc1ccccc1OC. The van der Waals surface area contributed by atoms with Gasteiger partial charge in [-0.15, -0.1) is 0 Å². The zero-order chi connectivity index (χ0) is 23.8. The lowest BCUT2D eigenvalue weighted by Gasteiger charge is -2.27. The molecular weight excluding hydrogens is 426 g/mol. The number of hydrogen-bond acceptors (Lipinski definition) is 5. The molecular formula is C29H31NO4. The van der Waals surface area contributed by atoms with E-state index in [1.807, 2.05) is 91.0 Å². The Hall–Kier alpha value is -3.38. The van der Waals surface area contributed by atoms with Gasteiger partial charge in [-0.1, -0.05) is 78.9 Å². The highest BCUT2D eigenvalue weighted by Crippen LogP contribution is 2.37. The standard InChI is InChI=1S/C29H31NO4/c1-32-20-19-30(21-23-11-9-10-16-27(23)33-2)22-26-17-18-28(34-26)29(31,24-12-5-3-6-13-24)25-14-7-4-8-15-25/h3-18,31H,19-22H2,1-2H3. The number of aliphatic hydroxyl groups is 1. The first-order valence-corrected chi connectivity index (χ1v) is 11.4. The van der Waals surface area contributed by atoms with Crippen molar-refractivity contribution in [2.75, 3.05) is 27.4 Å². The third kappa shape index (κ3) is 5.23. The Morgan fingerprint density at radius 1 is 0.765 bits per heavy atom. The average Bonchev–Trinajstić information content (AvgIpc) is 3.37. The fraction of sp³-hybridized carbons (Fsp3) is 0.241. The summed E-state index contributed by atoms with van der Waals surface area (Å²) in [6.45, 7) is 2.58. The minimum absolute atomic E-state index is 0.490. The summed E-state index contributed by atoms with van der Waals surface area (Å²) in [5, 5.41) is 12.0. The fourth-order valence-corrected chi connectivity index (χ4v) is 4.20.